The Labute approximate surface area is 113 Å². The number of esters is 1. The molecule has 100 valence electrons. The highest BCUT2D eigenvalue weighted by atomic mass is 16.5. The Morgan fingerprint density at radius 3 is 2.58 bits per heavy atom. The number of carbonyl (C=O) groups is 1. The second-order valence-corrected chi connectivity index (χ2v) is 4.38. The molecule has 0 heterocycles. The van der Waals surface area contributed by atoms with Crippen LogP contribution in [-0.4, -0.2) is 19.2 Å². The maximum Gasteiger partial charge on any atom is 0.338 e. The fourth-order valence-corrected chi connectivity index (χ4v) is 1.89. The number of rotatable bonds is 3. The summed E-state index contributed by atoms with van der Waals surface area (Å²) < 4.78 is 10.5. The number of hydrogen-bond donors (Lipinski definition) is 0. The van der Waals surface area contributed by atoms with Crippen molar-refractivity contribution in [3.05, 3.63) is 54.1 Å². The Kier molecular flexibility index (Phi) is 4.78. The van der Waals surface area contributed by atoms with Gasteiger partial charge >= 0.3 is 5.97 Å². The lowest BCUT2D eigenvalue weighted by molar-refractivity contribution is 0.0399. The second-order valence-electron chi connectivity index (χ2n) is 4.38. The van der Waals surface area contributed by atoms with Crippen molar-refractivity contribution in [2.24, 2.45) is 0 Å². The van der Waals surface area contributed by atoms with E-state index in [0.29, 0.717) is 5.56 Å². The van der Waals surface area contributed by atoms with Crippen molar-refractivity contribution in [3.8, 4) is 5.75 Å². The van der Waals surface area contributed by atoms with Crippen molar-refractivity contribution in [3.63, 3.8) is 0 Å². The maximum absolute atomic E-state index is 12.0. The number of carbonyl (C=O) groups excluding carboxylic acids is 1. The van der Waals surface area contributed by atoms with Gasteiger partial charge in [-0.2, -0.15) is 0 Å². The Morgan fingerprint density at radius 2 is 1.84 bits per heavy atom. The van der Waals surface area contributed by atoms with Crippen LogP contribution >= 0.6 is 0 Å². The van der Waals surface area contributed by atoms with Crippen molar-refractivity contribution in [1.29, 1.82) is 0 Å². The highest BCUT2D eigenvalue weighted by Crippen LogP contribution is 2.15. The van der Waals surface area contributed by atoms with E-state index in [1.807, 2.05) is 6.08 Å². The molecule has 0 unspecified atom stereocenters. The van der Waals surface area contributed by atoms with Crippen molar-refractivity contribution >= 4 is 5.97 Å². The number of benzene rings is 1. The van der Waals surface area contributed by atoms with Gasteiger partial charge in [-0.05, 0) is 43.2 Å². The molecule has 1 aromatic rings. The van der Waals surface area contributed by atoms with Gasteiger partial charge in [0, 0.05) is 6.42 Å². The van der Waals surface area contributed by atoms with Crippen LogP contribution in [-0.2, 0) is 4.74 Å². The van der Waals surface area contributed by atoms with Gasteiger partial charge in [0.25, 0.3) is 0 Å². The van der Waals surface area contributed by atoms with E-state index >= 15 is 0 Å². The van der Waals surface area contributed by atoms with Crippen LogP contribution in [0.4, 0.5) is 0 Å². The summed E-state index contributed by atoms with van der Waals surface area (Å²) in [6, 6.07) is 6.93. The van der Waals surface area contributed by atoms with E-state index in [2.05, 4.69) is 18.2 Å². The van der Waals surface area contributed by atoms with Gasteiger partial charge in [-0.3, -0.25) is 0 Å². The summed E-state index contributed by atoms with van der Waals surface area (Å²) in [4.78, 5) is 12.0. The molecule has 0 spiro atoms. The van der Waals surface area contributed by atoms with E-state index in [0.717, 1.165) is 25.0 Å². The van der Waals surface area contributed by atoms with Gasteiger partial charge in [0.15, 0.2) is 0 Å². The molecule has 0 saturated heterocycles. The molecular formula is C16H18O3. The van der Waals surface area contributed by atoms with Gasteiger partial charge in [0.1, 0.15) is 11.9 Å². The molecular weight excluding hydrogens is 240 g/mol. The molecule has 3 nitrogen and oxygen atoms in total. The Bertz CT molecular complexity index is 471. The maximum atomic E-state index is 12.0. The summed E-state index contributed by atoms with van der Waals surface area (Å²) in [6.07, 6.45) is 10.8. The molecule has 1 aromatic carbocycles. The van der Waals surface area contributed by atoms with Gasteiger partial charge < -0.3 is 9.47 Å². The molecule has 0 radical (unpaired) electrons. The van der Waals surface area contributed by atoms with Crippen molar-refractivity contribution in [2.45, 2.75) is 25.4 Å². The monoisotopic (exact) mass is 258 g/mol. The zero-order valence-electron chi connectivity index (χ0n) is 11.0. The normalized spacial score (nSPS) is 21.8. The average Bonchev–Trinajstić information content (AvgIpc) is 2.41. The lowest BCUT2D eigenvalue weighted by Gasteiger charge is -2.14. The lowest BCUT2D eigenvalue weighted by atomic mass is 10.1. The summed E-state index contributed by atoms with van der Waals surface area (Å²) in [5, 5.41) is 0. The van der Waals surface area contributed by atoms with Crippen molar-refractivity contribution in [1.82, 2.24) is 0 Å². The molecule has 0 N–H and O–H groups in total. The zero-order chi connectivity index (χ0) is 13.5. The number of methoxy groups -OCH3 is 1. The van der Waals surface area contributed by atoms with Gasteiger partial charge in [0.2, 0.25) is 0 Å². The minimum atomic E-state index is -0.300. The summed E-state index contributed by atoms with van der Waals surface area (Å²) in [5.41, 5.74) is 0.542. The molecule has 1 aliphatic rings. The highest BCUT2D eigenvalue weighted by Gasteiger charge is 2.13. The van der Waals surface area contributed by atoms with E-state index < -0.39 is 0 Å². The molecule has 0 bridgehead atoms. The number of allylic oxidation sites excluding steroid dienone is 2. The minimum Gasteiger partial charge on any atom is -0.497 e. The zero-order valence-corrected chi connectivity index (χ0v) is 11.0. The first-order chi connectivity index (χ1) is 9.29. The SMILES string of the molecule is COc1ccc(C(=O)O[C@@H]2/C=C\CC/C=C\C2)cc1. The predicted molar refractivity (Wildman–Crippen MR) is 74.3 cm³/mol. The van der Waals surface area contributed by atoms with Gasteiger partial charge in [-0.25, -0.2) is 4.79 Å². The summed E-state index contributed by atoms with van der Waals surface area (Å²) in [7, 11) is 1.60. The molecule has 1 atom stereocenters. The van der Waals surface area contributed by atoms with E-state index in [-0.39, 0.29) is 12.1 Å². The highest BCUT2D eigenvalue weighted by molar-refractivity contribution is 5.89. The Balaban J connectivity index is 1.98. The number of hydrogen-bond acceptors (Lipinski definition) is 3. The van der Waals surface area contributed by atoms with Crippen molar-refractivity contribution in [2.75, 3.05) is 7.11 Å². The molecule has 0 fully saturated rings. The molecule has 0 aromatic heterocycles. The third-order valence-corrected chi connectivity index (χ3v) is 2.97. The van der Waals surface area contributed by atoms with Crippen LogP contribution in [0, 0.1) is 0 Å². The van der Waals surface area contributed by atoms with Gasteiger partial charge in [-0.1, -0.05) is 18.2 Å². The summed E-state index contributed by atoms with van der Waals surface area (Å²) in [5.74, 6) is 0.427. The first kappa shape index (κ1) is 13.4. The topological polar surface area (TPSA) is 35.5 Å². The molecule has 0 aliphatic heterocycles. The van der Waals surface area contributed by atoms with Crippen LogP contribution in [0.25, 0.3) is 0 Å². The van der Waals surface area contributed by atoms with E-state index in [1.54, 1.807) is 31.4 Å². The largest absolute Gasteiger partial charge is 0.497 e. The van der Waals surface area contributed by atoms with Crippen LogP contribution in [0.5, 0.6) is 5.75 Å². The molecule has 0 amide bonds. The van der Waals surface area contributed by atoms with Crippen LogP contribution in [0.2, 0.25) is 0 Å². The molecule has 3 heteroatoms. The third-order valence-electron chi connectivity index (χ3n) is 2.97. The molecule has 0 saturated carbocycles. The van der Waals surface area contributed by atoms with Crippen LogP contribution in [0.3, 0.4) is 0 Å². The average molecular weight is 258 g/mol. The van der Waals surface area contributed by atoms with E-state index in [1.165, 1.54) is 0 Å². The molecule has 19 heavy (non-hydrogen) atoms. The first-order valence-corrected chi connectivity index (χ1v) is 6.46. The summed E-state index contributed by atoms with van der Waals surface area (Å²) in [6.45, 7) is 0. The second kappa shape index (κ2) is 6.78. The van der Waals surface area contributed by atoms with Crippen LogP contribution in [0.15, 0.2) is 48.6 Å². The predicted octanol–water partition coefficient (Wildman–Crippen LogP) is 3.52. The first-order valence-electron chi connectivity index (χ1n) is 6.46. The van der Waals surface area contributed by atoms with E-state index in [4.69, 9.17) is 9.47 Å². The smallest absolute Gasteiger partial charge is 0.338 e. The van der Waals surface area contributed by atoms with Gasteiger partial charge in [-0.15, -0.1) is 0 Å². The van der Waals surface area contributed by atoms with Gasteiger partial charge in [0.05, 0.1) is 12.7 Å². The van der Waals surface area contributed by atoms with Crippen LogP contribution < -0.4 is 4.74 Å². The summed E-state index contributed by atoms with van der Waals surface area (Å²) >= 11 is 0. The Morgan fingerprint density at radius 1 is 1.11 bits per heavy atom. The quantitative estimate of drug-likeness (QED) is 0.614. The standard InChI is InChI=1S/C16H18O3/c1-18-14-11-9-13(10-12-14)16(17)19-15-7-5-3-2-4-6-8-15/h3,5-6,8-12,15H,2,4,7H2,1H3/b5-3-,8-6-/t15-/m0/s1. The van der Waals surface area contributed by atoms with Crippen molar-refractivity contribution < 1.29 is 14.3 Å². The molecule has 2 rings (SSSR count). The third kappa shape index (κ3) is 3.98. The fraction of sp³-hybridized carbons (Fsp3) is 0.312. The fourth-order valence-electron chi connectivity index (χ4n) is 1.89. The lowest BCUT2D eigenvalue weighted by Crippen LogP contribution is -2.16. The van der Waals surface area contributed by atoms with Crippen LogP contribution in [0.1, 0.15) is 29.6 Å². The minimum absolute atomic E-state index is 0.175. The Hall–Kier alpha value is -2.03. The number of ether oxygens (including phenoxy) is 2. The molecule has 1 aliphatic carbocycles. The van der Waals surface area contributed by atoms with E-state index in [9.17, 15) is 4.79 Å².